The Morgan fingerprint density at radius 3 is 2.24 bits per heavy atom. The molecule has 25 heavy (non-hydrogen) atoms. The van der Waals surface area contributed by atoms with Gasteiger partial charge in [0.05, 0.1) is 21.3 Å². The van der Waals surface area contributed by atoms with Crippen LogP contribution in [0.15, 0.2) is 42.5 Å². The van der Waals surface area contributed by atoms with E-state index in [1.807, 2.05) is 36.4 Å². The minimum atomic E-state index is 0.414. The lowest BCUT2D eigenvalue weighted by atomic mass is 10.1. The predicted octanol–water partition coefficient (Wildman–Crippen LogP) is 4.53. The first kappa shape index (κ1) is 17.2. The van der Waals surface area contributed by atoms with E-state index < -0.39 is 0 Å². The van der Waals surface area contributed by atoms with Crippen LogP contribution in [0, 0.1) is 0 Å². The standard InChI is InChI=1S/C19H19ClN2O3/c1-23-14-6-4-12(5-7-14)11-21-19-15-10-17(25-3)16(24-2)8-13(15)9-18(20)22-19/h4-10H,11H2,1-3H3,(H,21,22). The molecule has 0 bridgehead atoms. The highest BCUT2D eigenvalue weighted by Gasteiger charge is 2.11. The molecule has 3 aromatic rings. The Bertz CT molecular complexity index is 882. The van der Waals surface area contributed by atoms with Crippen LogP contribution < -0.4 is 19.5 Å². The lowest BCUT2D eigenvalue weighted by Gasteiger charge is -2.13. The first-order valence-electron chi connectivity index (χ1n) is 7.73. The van der Waals surface area contributed by atoms with Crippen molar-refractivity contribution in [2.45, 2.75) is 6.54 Å². The number of nitrogens with one attached hydrogen (secondary N) is 1. The topological polar surface area (TPSA) is 52.6 Å². The summed E-state index contributed by atoms with van der Waals surface area (Å²) >= 11 is 6.17. The van der Waals surface area contributed by atoms with E-state index in [1.54, 1.807) is 27.4 Å². The fraction of sp³-hybridized carbons (Fsp3) is 0.211. The number of hydrogen-bond donors (Lipinski definition) is 1. The van der Waals surface area contributed by atoms with E-state index in [1.165, 1.54) is 0 Å². The summed E-state index contributed by atoms with van der Waals surface area (Å²) in [6.07, 6.45) is 0. The Hall–Kier alpha value is -2.66. The lowest BCUT2D eigenvalue weighted by Crippen LogP contribution is -2.03. The molecular formula is C19H19ClN2O3. The van der Waals surface area contributed by atoms with Gasteiger partial charge in [0.15, 0.2) is 11.5 Å². The largest absolute Gasteiger partial charge is 0.497 e. The molecule has 2 aromatic carbocycles. The molecule has 1 aromatic heterocycles. The Morgan fingerprint density at radius 2 is 1.60 bits per heavy atom. The monoisotopic (exact) mass is 358 g/mol. The van der Waals surface area contributed by atoms with Gasteiger partial charge in [0.2, 0.25) is 0 Å². The quantitative estimate of drug-likeness (QED) is 0.656. The zero-order valence-corrected chi connectivity index (χ0v) is 15.1. The molecule has 0 fully saturated rings. The molecular weight excluding hydrogens is 340 g/mol. The summed E-state index contributed by atoms with van der Waals surface area (Å²) in [5.74, 6) is 2.82. The number of aromatic nitrogens is 1. The summed E-state index contributed by atoms with van der Waals surface area (Å²) in [7, 11) is 4.86. The summed E-state index contributed by atoms with van der Waals surface area (Å²) < 4.78 is 15.9. The smallest absolute Gasteiger partial charge is 0.161 e. The van der Waals surface area contributed by atoms with Crippen molar-refractivity contribution in [3.05, 3.63) is 53.2 Å². The predicted molar refractivity (Wildman–Crippen MR) is 100 cm³/mol. The molecule has 0 saturated heterocycles. The first-order valence-corrected chi connectivity index (χ1v) is 8.11. The number of ether oxygens (including phenoxy) is 3. The van der Waals surface area contributed by atoms with E-state index in [0.29, 0.717) is 29.0 Å². The Kier molecular flexibility index (Phi) is 5.14. The number of anilines is 1. The van der Waals surface area contributed by atoms with Gasteiger partial charge in [-0.1, -0.05) is 23.7 Å². The van der Waals surface area contributed by atoms with Crippen molar-refractivity contribution in [1.29, 1.82) is 0 Å². The van der Waals surface area contributed by atoms with Gasteiger partial charge in [-0.25, -0.2) is 4.98 Å². The normalized spacial score (nSPS) is 10.6. The average molecular weight is 359 g/mol. The van der Waals surface area contributed by atoms with E-state index in [2.05, 4.69) is 10.3 Å². The van der Waals surface area contributed by atoms with Crippen molar-refractivity contribution in [2.24, 2.45) is 0 Å². The van der Waals surface area contributed by atoms with E-state index in [4.69, 9.17) is 25.8 Å². The van der Waals surface area contributed by atoms with Gasteiger partial charge in [-0.2, -0.15) is 0 Å². The molecule has 0 unspecified atom stereocenters. The van der Waals surface area contributed by atoms with Gasteiger partial charge in [-0.05, 0) is 41.3 Å². The molecule has 3 rings (SSSR count). The van der Waals surface area contributed by atoms with Gasteiger partial charge in [0.1, 0.15) is 16.7 Å². The Labute approximate surface area is 151 Å². The fourth-order valence-electron chi connectivity index (χ4n) is 2.61. The minimum Gasteiger partial charge on any atom is -0.497 e. The summed E-state index contributed by atoms with van der Waals surface area (Å²) in [5, 5.41) is 5.59. The van der Waals surface area contributed by atoms with Crippen molar-refractivity contribution in [1.82, 2.24) is 4.98 Å². The maximum atomic E-state index is 6.17. The number of nitrogens with zero attached hydrogens (tertiary/aromatic N) is 1. The second-order valence-corrected chi connectivity index (χ2v) is 5.81. The minimum absolute atomic E-state index is 0.414. The summed E-state index contributed by atoms with van der Waals surface area (Å²) in [5.41, 5.74) is 1.11. The van der Waals surface area contributed by atoms with Gasteiger partial charge in [-0.3, -0.25) is 0 Å². The molecule has 0 radical (unpaired) electrons. The van der Waals surface area contributed by atoms with Gasteiger partial charge in [0.25, 0.3) is 0 Å². The summed E-state index contributed by atoms with van der Waals surface area (Å²) in [6.45, 7) is 0.612. The molecule has 0 spiro atoms. The Balaban J connectivity index is 1.93. The fourth-order valence-corrected chi connectivity index (χ4v) is 2.81. The highest BCUT2D eigenvalue weighted by atomic mass is 35.5. The molecule has 1 heterocycles. The molecule has 130 valence electrons. The molecule has 0 atom stereocenters. The van der Waals surface area contributed by atoms with Crippen LogP contribution in [0.5, 0.6) is 17.2 Å². The summed E-state index contributed by atoms with van der Waals surface area (Å²) in [4.78, 5) is 4.41. The van der Waals surface area contributed by atoms with Crippen molar-refractivity contribution >= 4 is 28.2 Å². The third-order valence-electron chi connectivity index (χ3n) is 3.92. The number of hydrogen-bond acceptors (Lipinski definition) is 5. The maximum absolute atomic E-state index is 6.17. The van der Waals surface area contributed by atoms with Crippen LogP contribution in [0.3, 0.4) is 0 Å². The van der Waals surface area contributed by atoms with Crippen LogP contribution in [0.1, 0.15) is 5.56 Å². The molecule has 0 aliphatic rings. The van der Waals surface area contributed by atoms with E-state index in [-0.39, 0.29) is 0 Å². The van der Waals surface area contributed by atoms with Gasteiger partial charge < -0.3 is 19.5 Å². The van der Waals surface area contributed by atoms with Crippen LogP contribution in [-0.4, -0.2) is 26.3 Å². The van der Waals surface area contributed by atoms with Crippen LogP contribution in [0.25, 0.3) is 10.8 Å². The van der Waals surface area contributed by atoms with Crippen LogP contribution in [0.4, 0.5) is 5.82 Å². The van der Waals surface area contributed by atoms with Crippen molar-refractivity contribution in [3.8, 4) is 17.2 Å². The number of halogens is 1. The molecule has 0 amide bonds. The number of fused-ring (bicyclic) bond motifs is 1. The third kappa shape index (κ3) is 3.72. The Morgan fingerprint density at radius 1 is 0.920 bits per heavy atom. The van der Waals surface area contributed by atoms with Crippen molar-refractivity contribution in [2.75, 3.05) is 26.6 Å². The van der Waals surface area contributed by atoms with E-state index >= 15 is 0 Å². The molecule has 6 heteroatoms. The molecule has 5 nitrogen and oxygen atoms in total. The maximum Gasteiger partial charge on any atom is 0.161 e. The molecule has 0 aliphatic heterocycles. The van der Waals surface area contributed by atoms with Gasteiger partial charge in [-0.15, -0.1) is 0 Å². The highest BCUT2D eigenvalue weighted by Crippen LogP contribution is 2.36. The van der Waals surface area contributed by atoms with Gasteiger partial charge >= 0.3 is 0 Å². The van der Waals surface area contributed by atoms with Crippen LogP contribution in [0.2, 0.25) is 5.15 Å². The number of pyridine rings is 1. The first-order chi connectivity index (χ1) is 12.1. The van der Waals surface area contributed by atoms with Crippen molar-refractivity contribution in [3.63, 3.8) is 0 Å². The number of benzene rings is 2. The van der Waals surface area contributed by atoms with Crippen LogP contribution in [-0.2, 0) is 6.54 Å². The molecule has 0 aliphatic carbocycles. The number of methoxy groups -OCH3 is 3. The van der Waals surface area contributed by atoms with E-state index in [0.717, 1.165) is 22.1 Å². The van der Waals surface area contributed by atoms with E-state index in [9.17, 15) is 0 Å². The highest BCUT2D eigenvalue weighted by molar-refractivity contribution is 6.30. The lowest BCUT2D eigenvalue weighted by molar-refractivity contribution is 0.356. The summed E-state index contributed by atoms with van der Waals surface area (Å²) in [6, 6.07) is 13.4. The van der Waals surface area contributed by atoms with Gasteiger partial charge in [0, 0.05) is 11.9 Å². The second kappa shape index (κ2) is 7.49. The third-order valence-corrected chi connectivity index (χ3v) is 4.12. The average Bonchev–Trinajstić information content (AvgIpc) is 2.65. The van der Waals surface area contributed by atoms with Crippen molar-refractivity contribution < 1.29 is 14.2 Å². The molecule has 1 N–H and O–H groups in total. The second-order valence-electron chi connectivity index (χ2n) is 5.42. The van der Waals surface area contributed by atoms with Crippen LogP contribution >= 0.6 is 11.6 Å². The number of rotatable bonds is 6. The molecule has 0 saturated carbocycles. The SMILES string of the molecule is COc1ccc(CNc2nc(Cl)cc3cc(OC)c(OC)cc23)cc1. The zero-order valence-electron chi connectivity index (χ0n) is 14.3. The zero-order chi connectivity index (χ0) is 17.8.